The van der Waals surface area contributed by atoms with Crippen molar-refractivity contribution in [3.05, 3.63) is 11.6 Å². The van der Waals surface area contributed by atoms with Gasteiger partial charge in [-0.05, 0) is 75.0 Å². The second-order valence-electron chi connectivity index (χ2n) is 8.47. The Bertz CT molecular complexity index is 544. The maximum atomic E-state index is 10.9. The molecule has 0 heterocycles. The summed E-state index contributed by atoms with van der Waals surface area (Å²) in [6.07, 6.45) is 16.2. The third-order valence-electron chi connectivity index (χ3n) is 7.82. The second-order valence-corrected chi connectivity index (χ2v) is 8.47. The van der Waals surface area contributed by atoms with Gasteiger partial charge >= 0.3 is 0 Å². The highest BCUT2D eigenvalue weighted by Crippen LogP contribution is 2.64. The van der Waals surface area contributed by atoms with E-state index >= 15 is 0 Å². The first-order valence-corrected chi connectivity index (χ1v) is 9.07. The number of rotatable bonds is 0. The summed E-state index contributed by atoms with van der Waals surface area (Å²) in [5.74, 6) is 5.50. The third kappa shape index (κ3) is 1.82. The first-order chi connectivity index (χ1) is 10.5. The molecule has 4 aliphatic rings. The number of terminal acetylenes is 1. The molecule has 0 aromatic heterocycles. The van der Waals surface area contributed by atoms with Gasteiger partial charge in [0.2, 0.25) is 0 Å². The predicted octanol–water partition coefficient (Wildman–Crippen LogP) is 3.28. The van der Waals surface area contributed by atoms with E-state index in [0.717, 1.165) is 50.4 Å². The van der Waals surface area contributed by atoms with Crippen LogP contribution in [0.5, 0.6) is 0 Å². The molecule has 3 fully saturated rings. The van der Waals surface area contributed by atoms with E-state index in [1.807, 2.05) is 0 Å². The molecule has 22 heavy (non-hydrogen) atoms. The lowest BCUT2D eigenvalue weighted by atomic mass is 9.50. The molecular weight excluding hydrogens is 272 g/mol. The van der Waals surface area contributed by atoms with Crippen LogP contribution in [-0.4, -0.2) is 21.9 Å². The normalized spacial score (nSPS) is 53.7. The molecular formula is C20H28O2. The van der Waals surface area contributed by atoms with Crippen molar-refractivity contribution in [3.63, 3.8) is 0 Å². The average Bonchev–Trinajstić information content (AvgIpc) is 2.79. The monoisotopic (exact) mass is 300 g/mol. The van der Waals surface area contributed by atoms with Crippen molar-refractivity contribution in [2.24, 2.45) is 29.1 Å². The zero-order valence-electron chi connectivity index (χ0n) is 13.6. The summed E-state index contributed by atoms with van der Waals surface area (Å²) in [4.78, 5) is 0. The molecule has 4 rings (SSSR count). The Labute approximate surface area is 134 Å². The Balaban J connectivity index is 1.64. The molecule has 2 heteroatoms. The van der Waals surface area contributed by atoms with Gasteiger partial charge in [0.1, 0.15) is 5.60 Å². The van der Waals surface area contributed by atoms with Crippen molar-refractivity contribution in [2.45, 2.75) is 70.0 Å². The Hall–Kier alpha value is -0.780. The molecule has 0 saturated heterocycles. The first-order valence-electron chi connectivity index (χ1n) is 9.07. The maximum absolute atomic E-state index is 10.9. The van der Waals surface area contributed by atoms with Crippen molar-refractivity contribution in [3.8, 4) is 12.3 Å². The molecule has 0 bridgehead atoms. The van der Waals surface area contributed by atoms with E-state index in [4.69, 9.17) is 6.42 Å². The molecule has 120 valence electrons. The van der Waals surface area contributed by atoms with Crippen molar-refractivity contribution in [1.29, 1.82) is 0 Å². The van der Waals surface area contributed by atoms with Gasteiger partial charge in [0.05, 0.1) is 6.10 Å². The fourth-order valence-electron chi connectivity index (χ4n) is 6.57. The molecule has 7 atom stereocenters. The van der Waals surface area contributed by atoms with Crippen LogP contribution < -0.4 is 0 Å². The first kappa shape index (κ1) is 14.8. The second kappa shape index (κ2) is 4.86. The van der Waals surface area contributed by atoms with Gasteiger partial charge < -0.3 is 10.2 Å². The average molecular weight is 300 g/mol. The van der Waals surface area contributed by atoms with Crippen molar-refractivity contribution < 1.29 is 10.2 Å². The van der Waals surface area contributed by atoms with Crippen LogP contribution in [0, 0.1) is 41.4 Å². The van der Waals surface area contributed by atoms with Gasteiger partial charge in [-0.25, -0.2) is 0 Å². The molecule has 0 amide bonds. The van der Waals surface area contributed by atoms with Gasteiger partial charge in [0, 0.05) is 5.41 Å². The van der Waals surface area contributed by atoms with E-state index in [0.29, 0.717) is 11.8 Å². The zero-order valence-corrected chi connectivity index (χ0v) is 13.6. The number of aliphatic hydroxyl groups excluding tert-OH is 1. The Morgan fingerprint density at radius 3 is 2.73 bits per heavy atom. The van der Waals surface area contributed by atoms with E-state index in [1.165, 1.54) is 18.4 Å². The molecule has 2 N–H and O–H groups in total. The van der Waals surface area contributed by atoms with Crippen LogP contribution >= 0.6 is 0 Å². The summed E-state index contributed by atoms with van der Waals surface area (Å²) >= 11 is 0. The summed E-state index contributed by atoms with van der Waals surface area (Å²) < 4.78 is 0. The molecule has 0 spiro atoms. The Kier molecular flexibility index (Phi) is 3.26. The minimum Gasteiger partial charge on any atom is -0.389 e. The minimum absolute atomic E-state index is 0.0850. The highest BCUT2D eigenvalue weighted by molar-refractivity contribution is 5.25. The molecule has 0 unspecified atom stereocenters. The lowest BCUT2D eigenvalue weighted by Gasteiger charge is -2.55. The van der Waals surface area contributed by atoms with Crippen LogP contribution in [0.1, 0.15) is 58.3 Å². The lowest BCUT2D eigenvalue weighted by Crippen LogP contribution is -2.52. The zero-order chi connectivity index (χ0) is 15.5. The van der Waals surface area contributed by atoms with Crippen LogP contribution in [0.15, 0.2) is 11.6 Å². The van der Waals surface area contributed by atoms with Gasteiger partial charge in [-0.15, -0.1) is 6.42 Å². The smallest absolute Gasteiger partial charge is 0.130 e. The van der Waals surface area contributed by atoms with Crippen LogP contribution in [0.3, 0.4) is 0 Å². The molecule has 0 aliphatic heterocycles. The molecule has 4 aliphatic carbocycles. The number of hydrogen-bond donors (Lipinski definition) is 2. The van der Waals surface area contributed by atoms with Crippen molar-refractivity contribution in [2.75, 3.05) is 0 Å². The SMILES string of the molecule is C#C[C@]1(O)CC[C@H]2[C@@H]3CCC4=C[C@@H](O)CC[C@@H]4[C@H]3CC[C@@]21C. The fourth-order valence-corrected chi connectivity index (χ4v) is 6.57. The minimum atomic E-state index is -0.887. The molecule has 2 nitrogen and oxygen atoms in total. The van der Waals surface area contributed by atoms with Crippen LogP contribution in [0.25, 0.3) is 0 Å². The summed E-state index contributed by atoms with van der Waals surface area (Å²) in [6, 6.07) is 0. The van der Waals surface area contributed by atoms with E-state index in [1.54, 1.807) is 0 Å². The van der Waals surface area contributed by atoms with Gasteiger partial charge in [0.15, 0.2) is 0 Å². The van der Waals surface area contributed by atoms with E-state index in [-0.39, 0.29) is 11.5 Å². The number of hydrogen-bond acceptors (Lipinski definition) is 2. The predicted molar refractivity (Wildman–Crippen MR) is 86.9 cm³/mol. The number of aliphatic hydroxyl groups is 2. The van der Waals surface area contributed by atoms with Gasteiger partial charge in [-0.3, -0.25) is 0 Å². The summed E-state index contributed by atoms with van der Waals surface area (Å²) in [7, 11) is 0. The maximum Gasteiger partial charge on any atom is 0.130 e. The third-order valence-corrected chi connectivity index (χ3v) is 7.82. The van der Waals surface area contributed by atoms with Crippen LogP contribution in [0.4, 0.5) is 0 Å². The Morgan fingerprint density at radius 2 is 1.95 bits per heavy atom. The fraction of sp³-hybridized carbons (Fsp3) is 0.800. The largest absolute Gasteiger partial charge is 0.389 e. The van der Waals surface area contributed by atoms with E-state index in [9.17, 15) is 10.2 Å². The summed E-state index contributed by atoms with van der Waals surface area (Å²) in [5, 5.41) is 20.8. The van der Waals surface area contributed by atoms with Crippen LogP contribution in [-0.2, 0) is 0 Å². The molecule has 0 aromatic carbocycles. The number of allylic oxidation sites excluding steroid dienone is 1. The van der Waals surface area contributed by atoms with E-state index < -0.39 is 5.60 Å². The summed E-state index contributed by atoms with van der Waals surface area (Å²) in [6.45, 7) is 2.25. The highest BCUT2D eigenvalue weighted by Gasteiger charge is 2.61. The lowest BCUT2D eigenvalue weighted by molar-refractivity contribution is -0.0865. The standard InChI is InChI=1S/C20H28O2/c1-3-20(22)11-9-18-17-6-4-13-12-14(21)5-7-15(13)16(17)8-10-19(18,20)2/h1,12,14-18,21-22H,4-11H2,2H3/t14-,15-,16+,17+,18-,19-,20-/m0/s1. The highest BCUT2D eigenvalue weighted by atomic mass is 16.3. The van der Waals surface area contributed by atoms with Gasteiger partial charge in [-0.2, -0.15) is 0 Å². The molecule has 0 aromatic rings. The number of fused-ring (bicyclic) bond motifs is 5. The van der Waals surface area contributed by atoms with E-state index in [2.05, 4.69) is 18.9 Å². The quantitative estimate of drug-likeness (QED) is 0.532. The Morgan fingerprint density at radius 1 is 1.14 bits per heavy atom. The summed E-state index contributed by atoms with van der Waals surface area (Å²) in [5.41, 5.74) is 0.550. The van der Waals surface area contributed by atoms with Crippen molar-refractivity contribution >= 4 is 0 Å². The molecule has 0 radical (unpaired) electrons. The van der Waals surface area contributed by atoms with Crippen molar-refractivity contribution in [1.82, 2.24) is 0 Å². The molecule has 3 saturated carbocycles. The topological polar surface area (TPSA) is 40.5 Å². The van der Waals surface area contributed by atoms with Crippen LogP contribution in [0.2, 0.25) is 0 Å². The van der Waals surface area contributed by atoms with Gasteiger partial charge in [0.25, 0.3) is 0 Å². The van der Waals surface area contributed by atoms with Gasteiger partial charge in [-0.1, -0.05) is 24.5 Å².